The molecule has 3 aromatic carbocycles. The van der Waals surface area contributed by atoms with Crippen LogP contribution in [0.3, 0.4) is 0 Å². The van der Waals surface area contributed by atoms with Crippen molar-refractivity contribution in [3.63, 3.8) is 0 Å². The highest BCUT2D eigenvalue weighted by molar-refractivity contribution is 7.99. The van der Waals surface area contributed by atoms with Gasteiger partial charge in [0.05, 0.1) is 5.56 Å². The summed E-state index contributed by atoms with van der Waals surface area (Å²) in [5, 5.41) is 12.0. The predicted molar refractivity (Wildman–Crippen MR) is 117 cm³/mol. The van der Waals surface area contributed by atoms with Crippen LogP contribution in [0.25, 0.3) is 11.1 Å². The van der Waals surface area contributed by atoms with Crippen LogP contribution in [0.15, 0.2) is 77.7 Å². The average Bonchev–Trinajstić information content (AvgIpc) is 3.09. The minimum absolute atomic E-state index is 0.0277. The molecule has 0 saturated carbocycles. The smallest absolute Gasteiger partial charge is 0.407 e. The molecule has 2 N–H and O–H groups in total. The summed E-state index contributed by atoms with van der Waals surface area (Å²) in [6.07, 6.45) is -0.469. The number of alkyl carbamates (subject to hydrolysis) is 1. The van der Waals surface area contributed by atoms with Gasteiger partial charge in [0.2, 0.25) is 0 Å². The number of benzene rings is 3. The molecule has 0 atom stereocenters. The van der Waals surface area contributed by atoms with E-state index in [4.69, 9.17) is 4.74 Å². The standard InChI is InChI=1S/C24H21NO4S/c26-23(27)20-11-5-6-12-22(20)30-14-13-25-24(28)29-15-21-18-9-3-1-7-16(18)17-8-2-4-10-19(17)21/h1-12,21H,13-15H2,(H,25,28)(H,26,27). The highest BCUT2D eigenvalue weighted by atomic mass is 32.2. The lowest BCUT2D eigenvalue weighted by molar-refractivity contribution is 0.0693. The van der Waals surface area contributed by atoms with Gasteiger partial charge in [0.15, 0.2) is 0 Å². The Hall–Kier alpha value is -3.25. The van der Waals surface area contributed by atoms with Gasteiger partial charge in [-0.1, -0.05) is 60.7 Å². The fourth-order valence-electron chi connectivity index (χ4n) is 3.73. The fraction of sp³-hybridized carbons (Fsp3) is 0.167. The van der Waals surface area contributed by atoms with Gasteiger partial charge >= 0.3 is 12.1 Å². The van der Waals surface area contributed by atoms with Crippen molar-refractivity contribution in [1.82, 2.24) is 5.32 Å². The van der Waals surface area contributed by atoms with E-state index >= 15 is 0 Å². The fourth-order valence-corrected chi connectivity index (χ4v) is 4.64. The zero-order valence-corrected chi connectivity index (χ0v) is 17.0. The van der Waals surface area contributed by atoms with Crippen LogP contribution >= 0.6 is 11.8 Å². The van der Waals surface area contributed by atoms with Crippen molar-refractivity contribution >= 4 is 23.8 Å². The van der Waals surface area contributed by atoms with Gasteiger partial charge in [-0.2, -0.15) is 0 Å². The number of rotatable bonds is 7. The van der Waals surface area contributed by atoms with Gasteiger partial charge in [-0.25, -0.2) is 9.59 Å². The van der Waals surface area contributed by atoms with Gasteiger partial charge in [-0.15, -0.1) is 11.8 Å². The molecular weight excluding hydrogens is 398 g/mol. The largest absolute Gasteiger partial charge is 0.478 e. The van der Waals surface area contributed by atoms with Crippen LogP contribution in [0.1, 0.15) is 27.4 Å². The number of hydrogen-bond donors (Lipinski definition) is 2. The van der Waals surface area contributed by atoms with E-state index in [0.717, 1.165) is 0 Å². The number of carbonyl (C=O) groups excluding carboxylic acids is 1. The number of fused-ring (bicyclic) bond motifs is 3. The molecular formula is C24H21NO4S. The average molecular weight is 420 g/mol. The highest BCUT2D eigenvalue weighted by Gasteiger charge is 2.28. The van der Waals surface area contributed by atoms with Crippen molar-refractivity contribution < 1.29 is 19.4 Å². The van der Waals surface area contributed by atoms with Crippen molar-refractivity contribution in [3.05, 3.63) is 89.5 Å². The number of amides is 1. The van der Waals surface area contributed by atoms with Gasteiger partial charge in [-0.05, 0) is 34.4 Å². The first-order valence-electron chi connectivity index (χ1n) is 9.69. The third kappa shape index (κ3) is 4.19. The summed E-state index contributed by atoms with van der Waals surface area (Å²) < 4.78 is 5.50. The number of nitrogens with one attached hydrogen (secondary N) is 1. The van der Waals surface area contributed by atoms with Crippen LogP contribution in [0.4, 0.5) is 4.79 Å². The monoisotopic (exact) mass is 419 g/mol. The topological polar surface area (TPSA) is 75.6 Å². The summed E-state index contributed by atoms with van der Waals surface area (Å²) >= 11 is 1.39. The minimum Gasteiger partial charge on any atom is -0.478 e. The van der Waals surface area contributed by atoms with E-state index in [1.165, 1.54) is 34.0 Å². The van der Waals surface area contributed by atoms with E-state index in [2.05, 4.69) is 29.6 Å². The summed E-state index contributed by atoms with van der Waals surface area (Å²) in [6.45, 7) is 0.657. The zero-order valence-electron chi connectivity index (χ0n) is 16.2. The summed E-state index contributed by atoms with van der Waals surface area (Å²) in [6, 6.07) is 23.2. The molecule has 1 aliphatic carbocycles. The molecule has 0 fully saturated rings. The molecule has 0 unspecified atom stereocenters. The number of ether oxygens (including phenoxy) is 1. The molecule has 1 aliphatic rings. The minimum atomic E-state index is -0.956. The predicted octanol–water partition coefficient (Wildman–Crippen LogP) is 5.02. The Balaban J connectivity index is 1.29. The van der Waals surface area contributed by atoms with Crippen LogP contribution in [0, 0.1) is 0 Å². The summed E-state index contributed by atoms with van der Waals surface area (Å²) in [7, 11) is 0. The molecule has 0 bridgehead atoms. The molecule has 0 spiro atoms. The number of carboxylic acids is 1. The lowest BCUT2D eigenvalue weighted by Gasteiger charge is -2.14. The van der Waals surface area contributed by atoms with Gasteiger partial charge in [-0.3, -0.25) is 0 Å². The normalized spacial score (nSPS) is 12.1. The van der Waals surface area contributed by atoms with Crippen LogP contribution in [-0.4, -0.2) is 36.1 Å². The van der Waals surface area contributed by atoms with Crippen LogP contribution < -0.4 is 5.32 Å². The quantitative estimate of drug-likeness (QED) is 0.416. The van der Waals surface area contributed by atoms with Crippen LogP contribution in [0.2, 0.25) is 0 Å². The van der Waals surface area contributed by atoms with E-state index in [9.17, 15) is 14.7 Å². The van der Waals surface area contributed by atoms with Gasteiger partial charge in [0.1, 0.15) is 6.61 Å². The SMILES string of the molecule is O=C(NCCSc1ccccc1C(=O)O)OCC1c2ccccc2-c2ccccc21. The lowest BCUT2D eigenvalue weighted by Crippen LogP contribution is -2.28. The number of aromatic carboxylic acids is 1. The van der Waals surface area contributed by atoms with Crippen molar-refractivity contribution in [3.8, 4) is 11.1 Å². The van der Waals surface area contributed by atoms with Crippen LogP contribution in [0.5, 0.6) is 0 Å². The Bertz CT molecular complexity index is 1040. The first-order valence-corrected chi connectivity index (χ1v) is 10.7. The Labute approximate surface area is 179 Å². The first-order chi connectivity index (χ1) is 14.6. The maximum atomic E-state index is 12.2. The molecule has 0 aromatic heterocycles. The van der Waals surface area contributed by atoms with Crippen molar-refractivity contribution in [2.24, 2.45) is 0 Å². The van der Waals surface area contributed by atoms with Gasteiger partial charge in [0.25, 0.3) is 0 Å². The molecule has 6 heteroatoms. The molecule has 4 rings (SSSR count). The number of thioether (sulfide) groups is 1. The third-order valence-electron chi connectivity index (χ3n) is 5.09. The summed E-state index contributed by atoms with van der Waals surface area (Å²) in [5.41, 5.74) is 4.99. The van der Waals surface area contributed by atoms with Gasteiger partial charge < -0.3 is 15.2 Å². The van der Waals surface area contributed by atoms with Crippen molar-refractivity contribution in [1.29, 1.82) is 0 Å². The van der Waals surface area contributed by atoms with Gasteiger partial charge in [0, 0.05) is 23.1 Å². The first kappa shape index (κ1) is 20.0. The lowest BCUT2D eigenvalue weighted by atomic mass is 9.98. The maximum absolute atomic E-state index is 12.2. The molecule has 0 radical (unpaired) electrons. The van der Waals surface area contributed by atoms with E-state index in [1.807, 2.05) is 24.3 Å². The molecule has 0 saturated heterocycles. The van der Waals surface area contributed by atoms with E-state index < -0.39 is 12.1 Å². The highest BCUT2D eigenvalue weighted by Crippen LogP contribution is 2.44. The Morgan fingerprint density at radius 1 is 0.900 bits per heavy atom. The second kappa shape index (κ2) is 9.05. The Kier molecular flexibility index (Phi) is 6.05. The molecule has 1 amide bonds. The molecule has 0 heterocycles. The number of carboxylic acid groups (broad SMARTS) is 1. The summed E-state index contributed by atoms with van der Waals surface area (Å²) in [4.78, 5) is 24.1. The Morgan fingerprint density at radius 3 is 2.17 bits per heavy atom. The van der Waals surface area contributed by atoms with E-state index in [-0.39, 0.29) is 18.1 Å². The maximum Gasteiger partial charge on any atom is 0.407 e. The zero-order chi connectivity index (χ0) is 20.9. The molecule has 5 nitrogen and oxygen atoms in total. The molecule has 152 valence electrons. The molecule has 30 heavy (non-hydrogen) atoms. The second-order valence-electron chi connectivity index (χ2n) is 6.90. The van der Waals surface area contributed by atoms with Crippen molar-refractivity contribution in [2.75, 3.05) is 18.9 Å². The van der Waals surface area contributed by atoms with E-state index in [0.29, 0.717) is 17.2 Å². The van der Waals surface area contributed by atoms with E-state index in [1.54, 1.807) is 24.3 Å². The van der Waals surface area contributed by atoms with Crippen LogP contribution in [-0.2, 0) is 4.74 Å². The molecule has 0 aliphatic heterocycles. The van der Waals surface area contributed by atoms with Crippen molar-refractivity contribution in [2.45, 2.75) is 10.8 Å². The Morgan fingerprint density at radius 2 is 1.50 bits per heavy atom. The number of carbonyl (C=O) groups is 2. The molecule has 3 aromatic rings. The third-order valence-corrected chi connectivity index (χ3v) is 6.17. The number of hydrogen-bond acceptors (Lipinski definition) is 4. The second-order valence-corrected chi connectivity index (χ2v) is 8.04. The summed E-state index contributed by atoms with van der Waals surface area (Å²) in [5.74, 6) is -0.378.